The van der Waals surface area contributed by atoms with Crippen LogP contribution in [0, 0.1) is 5.82 Å². The second kappa shape index (κ2) is 5.62. The van der Waals surface area contributed by atoms with Gasteiger partial charge in [-0.2, -0.15) is 0 Å². The van der Waals surface area contributed by atoms with Crippen molar-refractivity contribution in [2.75, 3.05) is 4.90 Å². The zero-order valence-corrected chi connectivity index (χ0v) is 12.5. The average Bonchev–Trinajstić information content (AvgIpc) is 2.44. The molecular formula is C15H11Cl2FN2O. The molecule has 1 aromatic heterocycles. The number of carbonyl (C=O) groups excluding carboxylic acids is 1. The summed E-state index contributed by atoms with van der Waals surface area (Å²) in [7, 11) is 0. The second-order valence-electron chi connectivity index (χ2n) is 4.85. The summed E-state index contributed by atoms with van der Waals surface area (Å²) < 4.78 is 13.5. The molecule has 21 heavy (non-hydrogen) atoms. The molecular weight excluding hydrogens is 314 g/mol. The van der Waals surface area contributed by atoms with Gasteiger partial charge in [-0.3, -0.25) is 4.79 Å². The average molecular weight is 325 g/mol. The minimum absolute atomic E-state index is 0.0564. The van der Waals surface area contributed by atoms with E-state index in [1.54, 1.807) is 11.0 Å². The summed E-state index contributed by atoms with van der Waals surface area (Å²) in [6.45, 7) is 0.248. The van der Waals surface area contributed by atoms with Crippen LogP contribution in [-0.2, 0) is 17.8 Å². The Balaban J connectivity index is 1.98. The van der Waals surface area contributed by atoms with E-state index >= 15 is 0 Å². The summed E-state index contributed by atoms with van der Waals surface area (Å²) in [4.78, 5) is 17.7. The first-order chi connectivity index (χ1) is 10.0. The number of hydrogen-bond donors (Lipinski definition) is 0. The molecule has 0 saturated heterocycles. The van der Waals surface area contributed by atoms with E-state index in [1.807, 2.05) is 0 Å². The third-order valence-electron chi connectivity index (χ3n) is 3.47. The van der Waals surface area contributed by atoms with Crippen LogP contribution in [0.3, 0.4) is 0 Å². The van der Waals surface area contributed by atoms with Gasteiger partial charge in [0.05, 0.1) is 17.3 Å². The number of amides is 1. The molecule has 1 aliphatic heterocycles. The Labute approximate surface area is 131 Å². The van der Waals surface area contributed by atoms with Crippen LogP contribution in [0.15, 0.2) is 30.5 Å². The molecule has 0 saturated carbocycles. The van der Waals surface area contributed by atoms with Crippen LogP contribution in [0.4, 0.5) is 10.1 Å². The lowest BCUT2D eigenvalue weighted by atomic mass is 10.0. The first-order valence-electron chi connectivity index (χ1n) is 6.43. The molecule has 0 bridgehead atoms. The highest BCUT2D eigenvalue weighted by atomic mass is 35.5. The van der Waals surface area contributed by atoms with Gasteiger partial charge in [0.25, 0.3) is 0 Å². The first kappa shape index (κ1) is 14.3. The number of benzene rings is 1. The molecule has 2 aromatic rings. The Morgan fingerprint density at radius 2 is 2.05 bits per heavy atom. The smallest absolute Gasteiger partial charge is 0.227 e. The van der Waals surface area contributed by atoms with E-state index in [-0.39, 0.29) is 18.3 Å². The van der Waals surface area contributed by atoms with Gasteiger partial charge in [-0.25, -0.2) is 9.37 Å². The Bertz CT molecular complexity index is 721. The Kier molecular flexibility index (Phi) is 3.83. The molecule has 0 spiro atoms. The summed E-state index contributed by atoms with van der Waals surface area (Å²) in [6, 6.07) is 6.03. The van der Waals surface area contributed by atoms with Crippen molar-refractivity contribution in [3.8, 4) is 0 Å². The molecule has 3 nitrogen and oxygen atoms in total. The van der Waals surface area contributed by atoms with Crippen LogP contribution in [0.25, 0.3) is 0 Å². The fraction of sp³-hybridized carbons (Fsp3) is 0.200. The number of aryl methyl sites for hydroxylation is 1. The molecule has 0 atom stereocenters. The SMILES string of the molecule is O=C1CCc2ccc(F)cc2N1Cc1cnc(Cl)cc1Cl. The van der Waals surface area contributed by atoms with Crippen molar-refractivity contribution in [1.82, 2.24) is 4.98 Å². The van der Waals surface area contributed by atoms with E-state index in [0.29, 0.717) is 34.3 Å². The maximum absolute atomic E-state index is 13.5. The zero-order chi connectivity index (χ0) is 15.0. The summed E-state index contributed by atoms with van der Waals surface area (Å²) in [5, 5.41) is 0.728. The van der Waals surface area contributed by atoms with E-state index in [4.69, 9.17) is 23.2 Å². The van der Waals surface area contributed by atoms with Crippen LogP contribution in [0.2, 0.25) is 10.2 Å². The largest absolute Gasteiger partial charge is 0.308 e. The van der Waals surface area contributed by atoms with Gasteiger partial charge >= 0.3 is 0 Å². The summed E-state index contributed by atoms with van der Waals surface area (Å²) in [6.07, 6.45) is 2.56. The van der Waals surface area contributed by atoms with Crippen molar-refractivity contribution < 1.29 is 9.18 Å². The highest BCUT2D eigenvalue weighted by Gasteiger charge is 2.25. The first-order valence-corrected chi connectivity index (χ1v) is 7.19. The van der Waals surface area contributed by atoms with Gasteiger partial charge in [-0.15, -0.1) is 0 Å². The maximum Gasteiger partial charge on any atom is 0.227 e. The molecule has 6 heteroatoms. The van der Waals surface area contributed by atoms with E-state index < -0.39 is 0 Å². The number of hydrogen-bond acceptors (Lipinski definition) is 2. The Hall–Kier alpha value is -1.65. The molecule has 0 radical (unpaired) electrons. The van der Waals surface area contributed by atoms with Crippen molar-refractivity contribution in [2.45, 2.75) is 19.4 Å². The van der Waals surface area contributed by atoms with Crippen molar-refractivity contribution >= 4 is 34.8 Å². The Morgan fingerprint density at radius 3 is 2.81 bits per heavy atom. The van der Waals surface area contributed by atoms with Crippen LogP contribution in [0.1, 0.15) is 17.5 Å². The van der Waals surface area contributed by atoms with Gasteiger partial charge in [0.2, 0.25) is 5.91 Å². The van der Waals surface area contributed by atoms with Crippen molar-refractivity contribution in [2.24, 2.45) is 0 Å². The molecule has 1 aromatic carbocycles. The van der Waals surface area contributed by atoms with Gasteiger partial charge in [0.1, 0.15) is 11.0 Å². The molecule has 108 valence electrons. The lowest BCUT2D eigenvalue weighted by Crippen LogP contribution is -2.34. The predicted octanol–water partition coefficient (Wildman–Crippen LogP) is 4.01. The third kappa shape index (κ3) is 2.87. The predicted molar refractivity (Wildman–Crippen MR) is 80.2 cm³/mol. The lowest BCUT2D eigenvalue weighted by molar-refractivity contribution is -0.119. The van der Waals surface area contributed by atoms with Crippen molar-refractivity contribution in [3.05, 3.63) is 57.6 Å². The normalized spacial score (nSPS) is 14.2. The van der Waals surface area contributed by atoms with E-state index in [0.717, 1.165) is 5.56 Å². The summed E-state index contributed by atoms with van der Waals surface area (Å²) in [5.41, 5.74) is 2.22. The minimum atomic E-state index is -0.367. The highest BCUT2D eigenvalue weighted by molar-refractivity contribution is 6.34. The Morgan fingerprint density at radius 1 is 1.24 bits per heavy atom. The molecule has 0 fully saturated rings. The molecule has 1 aliphatic rings. The van der Waals surface area contributed by atoms with Crippen molar-refractivity contribution in [3.63, 3.8) is 0 Å². The molecule has 0 N–H and O–H groups in total. The van der Waals surface area contributed by atoms with Gasteiger partial charge in [0, 0.05) is 18.2 Å². The standard InChI is InChI=1S/C15H11Cl2FN2O/c16-12-6-14(17)19-7-10(12)8-20-13-5-11(18)3-1-9(13)2-4-15(20)21/h1,3,5-7H,2,4,8H2. The number of fused-ring (bicyclic) bond motifs is 1. The molecule has 3 rings (SSSR count). The van der Waals surface area contributed by atoms with Gasteiger partial charge in [0.15, 0.2) is 0 Å². The molecule has 0 aliphatic carbocycles. The van der Waals surface area contributed by atoms with E-state index in [9.17, 15) is 9.18 Å². The number of aromatic nitrogens is 1. The molecule has 2 heterocycles. The van der Waals surface area contributed by atoms with E-state index in [1.165, 1.54) is 24.4 Å². The summed E-state index contributed by atoms with van der Waals surface area (Å²) in [5.74, 6) is -0.423. The van der Waals surface area contributed by atoms with Crippen LogP contribution < -0.4 is 4.90 Å². The highest BCUT2D eigenvalue weighted by Crippen LogP contribution is 2.31. The fourth-order valence-electron chi connectivity index (χ4n) is 2.41. The lowest BCUT2D eigenvalue weighted by Gasteiger charge is -2.29. The van der Waals surface area contributed by atoms with Crippen LogP contribution in [0.5, 0.6) is 0 Å². The number of anilines is 1. The van der Waals surface area contributed by atoms with Crippen LogP contribution >= 0.6 is 23.2 Å². The topological polar surface area (TPSA) is 33.2 Å². The van der Waals surface area contributed by atoms with Gasteiger partial charge in [-0.05, 0) is 30.2 Å². The fourth-order valence-corrected chi connectivity index (χ4v) is 2.83. The zero-order valence-electron chi connectivity index (χ0n) is 10.9. The van der Waals surface area contributed by atoms with Gasteiger partial charge in [-0.1, -0.05) is 29.3 Å². The number of carbonyl (C=O) groups is 1. The number of rotatable bonds is 2. The molecule has 1 amide bonds. The maximum atomic E-state index is 13.5. The quantitative estimate of drug-likeness (QED) is 0.782. The van der Waals surface area contributed by atoms with E-state index in [2.05, 4.69) is 4.98 Å². The minimum Gasteiger partial charge on any atom is -0.308 e. The number of nitrogens with zero attached hydrogens (tertiary/aromatic N) is 2. The van der Waals surface area contributed by atoms with Gasteiger partial charge < -0.3 is 4.90 Å². The monoisotopic (exact) mass is 324 g/mol. The number of pyridine rings is 1. The molecule has 0 unspecified atom stereocenters. The third-order valence-corrected chi connectivity index (χ3v) is 4.03. The van der Waals surface area contributed by atoms with Crippen molar-refractivity contribution in [1.29, 1.82) is 0 Å². The van der Waals surface area contributed by atoms with Crippen LogP contribution in [-0.4, -0.2) is 10.9 Å². The second-order valence-corrected chi connectivity index (χ2v) is 5.65. The number of halogens is 3. The summed E-state index contributed by atoms with van der Waals surface area (Å²) >= 11 is 11.9.